The van der Waals surface area contributed by atoms with Gasteiger partial charge in [-0.3, -0.25) is 9.59 Å². The molecule has 1 aliphatic heterocycles. The molecule has 1 aliphatic carbocycles. The van der Waals surface area contributed by atoms with E-state index < -0.39 is 0 Å². The van der Waals surface area contributed by atoms with Gasteiger partial charge in [0.05, 0.1) is 12.0 Å². The van der Waals surface area contributed by atoms with Gasteiger partial charge < -0.3 is 9.88 Å². The van der Waals surface area contributed by atoms with Crippen LogP contribution in [0.3, 0.4) is 0 Å². The van der Waals surface area contributed by atoms with Crippen molar-refractivity contribution in [2.75, 3.05) is 13.1 Å². The van der Waals surface area contributed by atoms with Crippen molar-refractivity contribution in [2.45, 2.75) is 50.5 Å². The number of hydrogen-bond acceptors (Lipinski definition) is 5. The maximum Gasteiger partial charge on any atom is 0.281 e. The molecular weight excluding hydrogens is 459 g/mol. The molecule has 0 bridgehead atoms. The Balaban J connectivity index is 1.20. The van der Waals surface area contributed by atoms with Crippen LogP contribution in [0.2, 0.25) is 0 Å². The van der Waals surface area contributed by atoms with Crippen LogP contribution < -0.4 is 5.56 Å². The third kappa shape index (κ3) is 3.88. The van der Waals surface area contributed by atoms with Crippen molar-refractivity contribution in [1.29, 1.82) is 0 Å². The monoisotopic (exact) mass is 486 g/mol. The van der Waals surface area contributed by atoms with Crippen LogP contribution in [0.15, 0.2) is 53.3 Å². The van der Waals surface area contributed by atoms with Crippen molar-refractivity contribution in [1.82, 2.24) is 29.9 Å². The fraction of sp³-hybridized carbons (Fsp3) is 0.370. The van der Waals surface area contributed by atoms with Gasteiger partial charge in [-0.1, -0.05) is 53.2 Å². The Morgan fingerprint density at radius 1 is 1.11 bits per heavy atom. The molecular formula is C27H27FN6O2. The molecule has 3 heterocycles. The van der Waals surface area contributed by atoms with E-state index in [1.807, 2.05) is 4.90 Å². The summed E-state index contributed by atoms with van der Waals surface area (Å²) in [6.07, 6.45) is 3.19. The van der Waals surface area contributed by atoms with Gasteiger partial charge in [0.25, 0.3) is 5.56 Å². The van der Waals surface area contributed by atoms with Gasteiger partial charge >= 0.3 is 0 Å². The highest BCUT2D eigenvalue weighted by Gasteiger charge is 2.53. The highest BCUT2D eigenvalue weighted by Crippen LogP contribution is 2.50. The first-order valence-corrected chi connectivity index (χ1v) is 12.4. The summed E-state index contributed by atoms with van der Waals surface area (Å²) >= 11 is 0. The van der Waals surface area contributed by atoms with Gasteiger partial charge in [0.2, 0.25) is 5.91 Å². The van der Waals surface area contributed by atoms with Crippen molar-refractivity contribution in [3.8, 4) is 0 Å². The van der Waals surface area contributed by atoms with E-state index in [1.165, 1.54) is 16.3 Å². The Labute approximate surface area is 207 Å². The molecule has 0 unspecified atom stereocenters. The predicted octanol–water partition coefficient (Wildman–Crippen LogP) is 3.45. The number of rotatable bonds is 5. The fourth-order valence-electron chi connectivity index (χ4n) is 5.25. The van der Waals surface area contributed by atoms with Gasteiger partial charge in [-0.2, -0.15) is 0 Å². The molecule has 2 aromatic carbocycles. The molecule has 1 saturated carbocycles. The van der Waals surface area contributed by atoms with Crippen LogP contribution in [-0.2, 0) is 16.8 Å². The third-order valence-electron chi connectivity index (χ3n) is 7.60. The number of likely N-dealkylation sites (tertiary alicyclic amines) is 1. The third-order valence-corrected chi connectivity index (χ3v) is 7.60. The Morgan fingerprint density at radius 2 is 1.83 bits per heavy atom. The summed E-state index contributed by atoms with van der Waals surface area (Å²) in [5.41, 5.74) is 2.48. The van der Waals surface area contributed by atoms with E-state index in [-0.39, 0.29) is 40.7 Å². The van der Waals surface area contributed by atoms with Crippen molar-refractivity contribution >= 4 is 17.1 Å². The molecule has 0 radical (unpaired) electrons. The molecule has 2 aromatic heterocycles. The number of carbonyl (C=O) groups excluding carboxylic acids is 1. The van der Waals surface area contributed by atoms with Crippen molar-refractivity contribution in [3.05, 3.63) is 87.2 Å². The number of fused-ring (bicyclic) bond motifs is 1. The zero-order chi connectivity index (χ0) is 24.9. The summed E-state index contributed by atoms with van der Waals surface area (Å²) in [6, 6.07) is 14.7. The van der Waals surface area contributed by atoms with Crippen LogP contribution in [0, 0.1) is 12.7 Å². The zero-order valence-corrected chi connectivity index (χ0v) is 20.1. The van der Waals surface area contributed by atoms with E-state index in [0.717, 1.165) is 18.4 Å². The smallest absolute Gasteiger partial charge is 0.281 e. The molecule has 1 saturated heterocycles. The number of benzene rings is 2. The molecule has 1 N–H and O–H groups in total. The second kappa shape index (κ2) is 8.65. The topological polar surface area (TPSA) is 96.8 Å². The number of nitrogens with zero attached hydrogens (tertiary/aromatic N) is 5. The molecule has 2 fully saturated rings. The van der Waals surface area contributed by atoms with Crippen molar-refractivity contribution in [3.63, 3.8) is 0 Å². The molecule has 1 amide bonds. The summed E-state index contributed by atoms with van der Waals surface area (Å²) in [5.74, 6) is 0.435. The average Bonchev–Trinajstić information content (AvgIpc) is 3.60. The number of piperidine rings is 1. The second-order valence-electron chi connectivity index (χ2n) is 9.98. The minimum atomic E-state index is -0.378. The molecule has 6 rings (SSSR count). The maximum atomic E-state index is 14.2. The van der Waals surface area contributed by atoms with Crippen molar-refractivity contribution < 1.29 is 9.18 Å². The van der Waals surface area contributed by atoms with Crippen LogP contribution in [0.5, 0.6) is 0 Å². The Morgan fingerprint density at radius 3 is 2.53 bits per heavy atom. The zero-order valence-electron chi connectivity index (χ0n) is 20.1. The largest absolute Gasteiger partial charge is 0.342 e. The Bertz CT molecular complexity index is 1500. The van der Waals surface area contributed by atoms with Crippen LogP contribution in [0.4, 0.5) is 4.39 Å². The number of amides is 1. The number of H-pyrrole nitrogens is 1. The SMILES string of the molecule is Cc1ccc(C2(C(=O)N3CCC(c4nc5c(nnn5Cc5ccccc5F)c(=O)[nH]4)CC3)CC2)cc1. The lowest BCUT2D eigenvalue weighted by Crippen LogP contribution is -2.44. The molecule has 0 spiro atoms. The number of hydrogen-bond donors (Lipinski definition) is 1. The number of carbonyl (C=O) groups is 1. The standard InChI is InChI=1S/C27H27FN6O2/c1-17-6-8-20(9-7-17)27(12-13-27)26(36)33-14-10-18(11-15-33)23-29-24-22(25(35)30-23)31-32-34(24)16-19-4-2-3-5-21(19)28/h2-9,18H,10-16H2,1H3,(H,29,30,35). The van der Waals surface area contributed by atoms with E-state index in [0.29, 0.717) is 43.0 Å². The lowest BCUT2D eigenvalue weighted by atomic mass is 9.90. The minimum absolute atomic E-state index is 0.0116. The van der Waals surface area contributed by atoms with Gasteiger partial charge in [0.1, 0.15) is 11.6 Å². The first-order valence-electron chi connectivity index (χ1n) is 12.4. The first kappa shape index (κ1) is 22.6. The summed E-state index contributed by atoms with van der Waals surface area (Å²) < 4.78 is 15.6. The summed E-state index contributed by atoms with van der Waals surface area (Å²) in [7, 11) is 0. The Hall–Kier alpha value is -3.88. The molecule has 0 atom stereocenters. The van der Waals surface area contributed by atoms with E-state index in [2.05, 4.69) is 51.5 Å². The first-order chi connectivity index (χ1) is 17.4. The predicted molar refractivity (Wildman–Crippen MR) is 132 cm³/mol. The molecule has 8 nitrogen and oxygen atoms in total. The minimum Gasteiger partial charge on any atom is -0.342 e. The van der Waals surface area contributed by atoms with Crippen LogP contribution >= 0.6 is 0 Å². The maximum absolute atomic E-state index is 14.2. The number of aromatic nitrogens is 5. The van der Waals surface area contributed by atoms with Crippen LogP contribution in [0.25, 0.3) is 11.2 Å². The fourth-order valence-corrected chi connectivity index (χ4v) is 5.25. The lowest BCUT2D eigenvalue weighted by molar-refractivity contribution is -0.135. The molecule has 2 aliphatic rings. The van der Waals surface area contributed by atoms with Crippen LogP contribution in [-0.4, -0.2) is 48.9 Å². The highest BCUT2D eigenvalue weighted by atomic mass is 19.1. The van der Waals surface area contributed by atoms with Crippen molar-refractivity contribution in [2.24, 2.45) is 0 Å². The van der Waals surface area contributed by atoms with Gasteiger partial charge in [-0.05, 0) is 44.2 Å². The molecule has 9 heteroatoms. The van der Waals surface area contributed by atoms with E-state index in [9.17, 15) is 14.0 Å². The van der Waals surface area contributed by atoms with Crippen LogP contribution in [0.1, 0.15) is 54.1 Å². The average molecular weight is 487 g/mol. The lowest BCUT2D eigenvalue weighted by Gasteiger charge is -2.34. The number of aromatic amines is 1. The summed E-state index contributed by atoms with van der Waals surface area (Å²) in [6.45, 7) is 3.42. The quantitative estimate of drug-likeness (QED) is 0.466. The molecule has 184 valence electrons. The Kier molecular flexibility index (Phi) is 5.43. The van der Waals surface area contributed by atoms with E-state index in [1.54, 1.807) is 18.2 Å². The molecule has 36 heavy (non-hydrogen) atoms. The summed E-state index contributed by atoms with van der Waals surface area (Å²) in [4.78, 5) is 35.7. The van der Waals surface area contributed by atoms with Gasteiger partial charge in [-0.25, -0.2) is 14.1 Å². The van der Waals surface area contributed by atoms with E-state index >= 15 is 0 Å². The van der Waals surface area contributed by atoms with Gasteiger partial charge in [0.15, 0.2) is 11.2 Å². The number of aryl methyl sites for hydroxylation is 1. The summed E-state index contributed by atoms with van der Waals surface area (Å²) in [5, 5.41) is 8.01. The van der Waals surface area contributed by atoms with Gasteiger partial charge in [0, 0.05) is 24.6 Å². The molecule has 4 aromatic rings. The normalized spacial score (nSPS) is 17.4. The van der Waals surface area contributed by atoms with E-state index in [4.69, 9.17) is 0 Å². The highest BCUT2D eigenvalue weighted by molar-refractivity contribution is 5.91. The second-order valence-corrected chi connectivity index (χ2v) is 9.98. The number of nitrogens with one attached hydrogen (secondary N) is 1. The number of halogens is 1. The van der Waals surface area contributed by atoms with Gasteiger partial charge in [-0.15, -0.1) is 5.10 Å².